The third-order valence-electron chi connectivity index (χ3n) is 14.8. The number of piperidine rings is 1. The normalized spacial score (nSPS) is 27.1. The minimum Gasteiger partial charge on any atom is -0.489 e. The number of nitriles is 1. The molecular formula is C50H62ClFN8O7S. The predicted molar refractivity (Wildman–Crippen MR) is 257 cm³/mol. The van der Waals surface area contributed by atoms with Gasteiger partial charge >= 0.3 is 0 Å². The number of likely N-dealkylation sites (tertiary alicyclic amines) is 1. The highest BCUT2D eigenvalue weighted by molar-refractivity contribution is 7.93. The molecule has 15 nitrogen and oxygen atoms in total. The molecule has 9 rings (SSSR count). The average Bonchev–Trinajstić information content (AvgIpc) is 4.08. The number of anilines is 1. The zero-order valence-electron chi connectivity index (χ0n) is 39.2. The quantitative estimate of drug-likeness (QED) is 0.121. The van der Waals surface area contributed by atoms with Crippen molar-refractivity contribution in [1.82, 2.24) is 31.1 Å². The third kappa shape index (κ3) is 9.70. The number of halogens is 2. The van der Waals surface area contributed by atoms with E-state index in [1.807, 2.05) is 0 Å². The van der Waals surface area contributed by atoms with Crippen molar-refractivity contribution in [3.8, 4) is 23.3 Å². The summed E-state index contributed by atoms with van der Waals surface area (Å²) in [6, 6.07) is 16.7. The van der Waals surface area contributed by atoms with Crippen LogP contribution in [-0.2, 0) is 30.8 Å². The van der Waals surface area contributed by atoms with Crippen molar-refractivity contribution in [1.29, 1.82) is 5.26 Å². The highest BCUT2D eigenvalue weighted by Crippen LogP contribution is 2.56. The lowest BCUT2D eigenvalue weighted by atomic mass is 9.49. The fourth-order valence-electron chi connectivity index (χ4n) is 11.2. The molecule has 4 aliphatic heterocycles. The fourth-order valence-corrected chi connectivity index (χ4v) is 12.8. The van der Waals surface area contributed by atoms with Crippen molar-refractivity contribution < 1.29 is 36.6 Å². The van der Waals surface area contributed by atoms with Crippen LogP contribution in [0.5, 0.6) is 17.2 Å². The Hall–Kier alpha value is -4.80. The fraction of sp³-hybridized carbons (Fsp3) is 0.540. The summed E-state index contributed by atoms with van der Waals surface area (Å²) in [6.45, 7) is 12.0. The lowest BCUT2D eigenvalue weighted by Crippen LogP contribution is -2.75. The number of hydrogen-bond acceptors (Lipinski definition) is 12. The van der Waals surface area contributed by atoms with E-state index in [2.05, 4.69) is 64.7 Å². The zero-order chi connectivity index (χ0) is 48.1. The lowest BCUT2D eigenvalue weighted by molar-refractivity contribution is -0.174. The van der Waals surface area contributed by atoms with E-state index in [4.69, 9.17) is 25.8 Å². The SMILES string of the molecule is CN1C=C(c2cc(NS(=O)(=O)C3CC3)ccc2Oc2cccc(CCOC3CCN(C4NCC(C(=O)NC5C(C)(C)C(Oc6ccc(C#N)c(Cl)c6)C5(C)C)CN4)CC3)c2F)C2CCNC2C1=O. The van der Waals surface area contributed by atoms with E-state index in [-0.39, 0.29) is 64.8 Å². The number of rotatable bonds is 15. The van der Waals surface area contributed by atoms with Gasteiger partial charge in [0.25, 0.3) is 0 Å². The van der Waals surface area contributed by atoms with E-state index in [0.29, 0.717) is 90.8 Å². The molecule has 3 aromatic carbocycles. The summed E-state index contributed by atoms with van der Waals surface area (Å²) < 4.78 is 63.8. The van der Waals surface area contributed by atoms with Gasteiger partial charge < -0.3 is 29.7 Å². The van der Waals surface area contributed by atoms with Gasteiger partial charge in [0.1, 0.15) is 30.0 Å². The van der Waals surface area contributed by atoms with Crippen LogP contribution in [0.2, 0.25) is 5.02 Å². The van der Waals surface area contributed by atoms with Crippen LogP contribution in [0.4, 0.5) is 10.1 Å². The highest BCUT2D eigenvalue weighted by atomic mass is 35.5. The summed E-state index contributed by atoms with van der Waals surface area (Å²) in [5.41, 5.74) is 1.93. The van der Waals surface area contributed by atoms with Crippen LogP contribution in [0.1, 0.15) is 76.5 Å². The largest absolute Gasteiger partial charge is 0.489 e. The molecule has 364 valence electrons. The van der Waals surface area contributed by atoms with Gasteiger partial charge in [-0.25, -0.2) is 12.8 Å². The molecule has 0 bridgehead atoms. The standard InChI is InChI=1S/C50H62ClFN8O7S/c1-49(2)46(50(3,4)47(49)66-34-11-9-30(25-53)39(51)24-34)57-44(61)31-26-55-48(56-27-31)60-20-16-33(17-21-60)65-22-18-29-7-6-8-41(42(29)52)67-40-14-10-32(58-68(63,64)35-12-13-35)23-37(40)38-28-59(5)45(62)43-36(38)15-19-54-43/h6-11,14,23-24,28,31,33,35-36,43,46-48,54-56,58H,12-13,15-22,26-27H2,1-5H3,(H,57,61). The minimum absolute atomic E-state index is 0.00589. The van der Waals surface area contributed by atoms with E-state index in [1.165, 1.54) is 4.90 Å². The molecule has 4 heterocycles. The van der Waals surface area contributed by atoms with Crippen molar-refractivity contribution in [2.75, 3.05) is 51.1 Å². The summed E-state index contributed by atoms with van der Waals surface area (Å²) in [6.07, 6.45) is 5.46. The number of nitrogens with one attached hydrogen (secondary N) is 5. The molecule has 18 heteroatoms. The Morgan fingerprint density at radius 1 is 0.971 bits per heavy atom. The second-order valence-corrected chi connectivity index (χ2v) is 22.7. The Kier molecular flexibility index (Phi) is 13.6. The Bertz CT molecular complexity index is 2590. The molecule has 5 fully saturated rings. The van der Waals surface area contributed by atoms with Crippen molar-refractivity contribution in [2.24, 2.45) is 22.7 Å². The molecule has 6 aliphatic rings. The van der Waals surface area contributed by atoms with Crippen LogP contribution in [0, 0.1) is 39.8 Å². The molecule has 2 saturated carbocycles. The molecule has 0 spiro atoms. The van der Waals surface area contributed by atoms with Crippen LogP contribution >= 0.6 is 11.6 Å². The summed E-state index contributed by atoms with van der Waals surface area (Å²) in [5, 5.41) is 22.9. The number of hydrogen-bond donors (Lipinski definition) is 5. The van der Waals surface area contributed by atoms with Gasteiger partial charge in [0, 0.05) is 79.5 Å². The number of ether oxygens (including phenoxy) is 3. The molecule has 2 aliphatic carbocycles. The van der Waals surface area contributed by atoms with Gasteiger partial charge in [0.2, 0.25) is 21.8 Å². The number of benzene rings is 3. The summed E-state index contributed by atoms with van der Waals surface area (Å²) in [4.78, 5) is 30.5. The van der Waals surface area contributed by atoms with Crippen LogP contribution < -0.4 is 35.5 Å². The zero-order valence-corrected chi connectivity index (χ0v) is 40.8. The number of nitrogens with zero attached hydrogens (tertiary/aromatic N) is 3. The lowest BCUT2D eigenvalue weighted by Gasteiger charge is -2.63. The molecule has 2 amide bonds. The molecule has 0 radical (unpaired) electrons. The predicted octanol–water partition coefficient (Wildman–Crippen LogP) is 5.95. The average molecular weight is 974 g/mol. The second-order valence-electron chi connectivity index (χ2n) is 20.4. The van der Waals surface area contributed by atoms with Crippen LogP contribution in [0.15, 0.2) is 60.8 Å². The molecule has 68 heavy (non-hydrogen) atoms. The first-order chi connectivity index (χ1) is 32.4. The number of amides is 2. The number of sulfonamides is 1. The van der Waals surface area contributed by atoms with Crippen molar-refractivity contribution in [3.63, 3.8) is 0 Å². The molecule has 5 N–H and O–H groups in total. The van der Waals surface area contributed by atoms with Crippen LogP contribution in [0.25, 0.3) is 5.57 Å². The maximum atomic E-state index is 16.2. The summed E-state index contributed by atoms with van der Waals surface area (Å²) in [7, 11) is -1.85. The van der Waals surface area contributed by atoms with E-state index in [0.717, 1.165) is 31.5 Å². The molecular weight excluding hydrogens is 911 g/mol. The summed E-state index contributed by atoms with van der Waals surface area (Å²) in [5.74, 6) is 0.0430. The Morgan fingerprint density at radius 2 is 1.71 bits per heavy atom. The smallest absolute Gasteiger partial charge is 0.244 e. The number of fused-ring (bicyclic) bond motifs is 1. The van der Waals surface area contributed by atoms with Gasteiger partial charge in [0.05, 0.1) is 40.5 Å². The second kappa shape index (κ2) is 19.2. The van der Waals surface area contributed by atoms with Gasteiger partial charge in [-0.3, -0.25) is 29.8 Å². The van der Waals surface area contributed by atoms with Crippen LogP contribution in [-0.4, -0.2) is 112 Å². The number of carbonyl (C=O) groups excluding carboxylic acids is 2. The first-order valence-electron chi connectivity index (χ1n) is 23.8. The maximum Gasteiger partial charge on any atom is 0.244 e. The first kappa shape index (κ1) is 48.2. The molecule has 3 saturated heterocycles. The Morgan fingerprint density at radius 3 is 2.40 bits per heavy atom. The third-order valence-corrected chi connectivity index (χ3v) is 17.0. The van der Waals surface area contributed by atoms with Gasteiger partial charge in [-0.15, -0.1) is 0 Å². The first-order valence-corrected chi connectivity index (χ1v) is 25.7. The molecule has 2 unspecified atom stereocenters. The van der Waals surface area contributed by atoms with Crippen molar-refractivity contribution in [2.45, 2.75) is 102 Å². The summed E-state index contributed by atoms with van der Waals surface area (Å²) >= 11 is 6.27. The van der Waals surface area contributed by atoms with Gasteiger partial charge in [-0.2, -0.15) is 5.26 Å². The van der Waals surface area contributed by atoms with Gasteiger partial charge in [0.15, 0.2) is 11.6 Å². The number of carbonyl (C=O) groups is 2. The van der Waals surface area contributed by atoms with E-state index < -0.39 is 27.1 Å². The molecule has 2 atom stereocenters. The topological polar surface area (TPSA) is 186 Å². The van der Waals surface area contributed by atoms with Gasteiger partial charge in [-0.05, 0) is 92.6 Å². The van der Waals surface area contributed by atoms with Gasteiger partial charge in [-0.1, -0.05) is 51.4 Å². The van der Waals surface area contributed by atoms with Crippen molar-refractivity contribution in [3.05, 3.63) is 88.3 Å². The Labute approximate surface area is 403 Å². The molecule has 3 aromatic rings. The highest BCUT2D eigenvalue weighted by Gasteiger charge is 2.64. The monoisotopic (exact) mass is 972 g/mol. The number of likely N-dealkylation sites (N-methyl/N-ethyl adjacent to an activating group) is 1. The Balaban J connectivity index is 0.750. The van der Waals surface area contributed by atoms with Crippen molar-refractivity contribution >= 4 is 44.7 Å². The van der Waals surface area contributed by atoms with E-state index >= 15 is 4.39 Å². The van der Waals surface area contributed by atoms with Crippen LogP contribution in [0.3, 0.4) is 0 Å². The van der Waals surface area contributed by atoms with E-state index in [9.17, 15) is 23.3 Å². The minimum atomic E-state index is -3.54. The van der Waals surface area contributed by atoms with E-state index in [1.54, 1.807) is 67.8 Å². The maximum absolute atomic E-state index is 16.2. The molecule has 0 aromatic heterocycles.